The van der Waals surface area contributed by atoms with E-state index in [-0.39, 0.29) is 18.3 Å². The third kappa shape index (κ3) is 3.52. The molecule has 4 nitrogen and oxygen atoms in total. The lowest BCUT2D eigenvalue weighted by Gasteiger charge is -2.32. The normalized spacial score (nSPS) is 17.8. The maximum absolute atomic E-state index is 6.12. The van der Waals surface area contributed by atoms with E-state index in [1.54, 1.807) is 0 Å². The van der Waals surface area contributed by atoms with Gasteiger partial charge in [-0.15, -0.1) is 0 Å². The molecular formula is C23H26BNO3. The van der Waals surface area contributed by atoms with Crippen LogP contribution in [0.1, 0.15) is 39.0 Å². The summed E-state index contributed by atoms with van der Waals surface area (Å²) in [6.45, 7) is 10.7. The molecular weight excluding hydrogens is 349 g/mol. The number of hydrogen-bond donors (Lipinski definition) is 0. The molecule has 28 heavy (non-hydrogen) atoms. The van der Waals surface area contributed by atoms with Gasteiger partial charge in [0, 0.05) is 17.1 Å². The highest BCUT2D eigenvalue weighted by Gasteiger charge is 2.51. The molecule has 3 aromatic rings. The van der Waals surface area contributed by atoms with Crippen molar-refractivity contribution in [2.24, 2.45) is 0 Å². The fourth-order valence-electron chi connectivity index (χ4n) is 3.30. The van der Waals surface area contributed by atoms with E-state index in [1.165, 1.54) is 0 Å². The Kier molecular flexibility index (Phi) is 4.68. The van der Waals surface area contributed by atoms with Crippen molar-refractivity contribution in [3.8, 4) is 5.75 Å². The summed E-state index contributed by atoms with van der Waals surface area (Å²) in [5.41, 5.74) is 3.35. The summed E-state index contributed by atoms with van der Waals surface area (Å²) in [7, 11) is -0.341. The maximum Gasteiger partial charge on any atom is 0.494 e. The lowest BCUT2D eigenvalue weighted by Crippen LogP contribution is -2.41. The number of nitrogens with zero attached hydrogens (tertiary/aromatic N) is 1. The number of hydrogen-bond acceptors (Lipinski definition) is 4. The quantitative estimate of drug-likeness (QED) is 0.633. The van der Waals surface area contributed by atoms with E-state index >= 15 is 0 Å². The largest absolute Gasteiger partial charge is 0.494 e. The third-order valence-corrected chi connectivity index (χ3v) is 5.71. The van der Waals surface area contributed by atoms with E-state index in [2.05, 4.69) is 56.9 Å². The zero-order valence-electron chi connectivity index (χ0n) is 17.2. The molecule has 0 N–H and O–H groups in total. The van der Waals surface area contributed by atoms with Crippen LogP contribution in [0.5, 0.6) is 5.75 Å². The molecule has 5 heteroatoms. The minimum Gasteiger partial charge on any atom is -0.488 e. The molecule has 2 aromatic carbocycles. The van der Waals surface area contributed by atoms with Gasteiger partial charge in [-0.25, -0.2) is 0 Å². The molecule has 0 radical (unpaired) electrons. The molecule has 0 bridgehead atoms. The minimum atomic E-state index is -0.341. The van der Waals surface area contributed by atoms with Gasteiger partial charge in [-0.2, -0.15) is 0 Å². The molecule has 1 aromatic heterocycles. The highest BCUT2D eigenvalue weighted by Crippen LogP contribution is 2.36. The molecule has 2 heterocycles. The molecule has 1 fully saturated rings. The number of fused-ring (bicyclic) bond motifs is 1. The van der Waals surface area contributed by atoms with Gasteiger partial charge < -0.3 is 14.0 Å². The van der Waals surface area contributed by atoms with Crippen LogP contribution < -0.4 is 10.2 Å². The second-order valence-electron chi connectivity index (χ2n) is 8.40. The van der Waals surface area contributed by atoms with E-state index in [9.17, 15) is 0 Å². The van der Waals surface area contributed by atoms with Crippen LogP contribution in [0.3, 0.4) is 0 Å². The van der Waals surface area contributed by atoms with E-state index in [1.807, 2.05) is 37.3 Å². The van der Waals surface area contributed by atoms with Gasteiger partial charge in [0.05, 0.1) is 16.7 Å². The standard InChI is InChI=1S/C23H26BNO3/c1-16-14-21(19-8-6-7-9-20(19)25-16)26-15-17-10-12-18(13-11-17)24-27-22(2,3)23(4,5)28-24/h6-14H,15H2,1-5H3. The highest BCUT2D eigenvalue weighted by atomic mass is 16.7. The van der Waals surface area contributed by atoms with Crippen LogP contribution in [0.2, 0.25) is 0 Å². The number of aromatic nitrogens is 1. The van der Waals surface area contributed by atoms with Crippen molar-refractivity contribution in [1.82, 2.24) is 4.98 Å². The van der Waals surface area contributed by atoms with Crippen LogP contribution in [0.15, 0.2) is 54.6 Å². The van der Waals surface area contributed by atoms with Gasteiger partial charge in [0.2, 0.25) is 0 Å². The van der Waals surface area contributed by atoms with Gasteiger partial charge in [0.1, 0.15) is 12.4 Å². The van der Waals surface area contributed by atoms with Crippen LogP contribution in [0, 0.1) is 6.92 Å². The summed E-state index contributed by atoms with van der Waals surface area (Å²) < 4.78 is 18.4. The van der Waals surface area contributed by atoms with Crippen LogP contribution in [-0.4, -0.2) is 23.3 Å². The average Bonchev–Trinajstić information content (AvgIpc) is 2.87. The zero-order valence-corrected chi connectivity index (χ0v) is 17.2. The Bertz CT molecular complexity index is 982. The summed E-state index contributed by atoms with van der Waals surface area (Å²) in [6.07, 6.45) is 0. The van der Waals surface area contributed by atoms with Crippen molar-refractivity contribution in [3.63, 3.8) is 0 Å². The second kappa shape index (κ2) is 6.91. The Morgan fingerprint density at radius 1 is 0.929 bits per heavy atom. The Morgan fingerprint density at radius 3 is 2.25 bits per heavy atom. The average molecular weight is 375 g/mol. The number of ether oxygens (including phenoxy) is 1. The number of para-hydroxylation sites is 1. The van der Waals surface area contributed by atoms with Gasteiger partial charge in [-0.3, -0.25) is 4.98 Å². The van der Waals surface area contributed by atoms with Crippen molar-refractivity contribution in [1.29, 1.82) is 0 Å². The Hall–Kier alpha value is -2.37. The van der Waals surface area contributed by atoms with Gasteiger partial charge in [0.15, 0.2) is 0 Å². The Balaban J connectivity index is 1.48. The first-order valence-corrected chi connectivity index (χ1v) is 9.69. The predicted molar refractivity (Wildman–Crippen MR) is 113 cm³/mol. The first-order valence-electron chi connectivity index (χ1n) is 9.69. The van der Waals surface area contributed by atoms with Crippen molar-refractivity contribution < 1.29 is 14.0 Å². The molecule has 1 aliphatic rings. The van der Waals surface area contributed by atoms with Gasteiger partial charge >= 0.3 is 7.12 Å². The van der Waals surface area contributed by atoms with Crippen LogP contribution >= 0.6 is 0 Å². The number of pyridine rings is 1. The third-order valence-electron chi connectivity index (χ3n) is 5.71. The number of benzene rings is 2. The topological polar surface area (TPSA) is 40.6 Å². The summed E-state index contributed by atoms with van der Waals surface area (Å²) in [5.74, 6) is 0.859. The highest BCUT2D eigenvalue weighted by molar-refractivity contribution is 6.62. The van der Waals surface area contributed by atoms with E-state index < -0.39 is 0 Å². The SMILES string of the molecule is Cc1cc(OCc2ccc(B3OC(C)(C)C(C)(C)O3)cc2)c2ccccc2n1. The lowest BCUT2D eigenvalue weighted by molar-refractivity contribution is 0.00578. The number of rotatable bonds is 4. The van der Waals surface area contributed by atoms with Crippen LogP contribution in [0.4, 0.5) is 0 Å². The summed E-state index contributed by atoms with van der Waals surface area (Å²) >= 11 is 0. The second-order valence-corrected chi connectivity index (χ2v) is 8.40. The molecule has 0 spiro atoms. The molecule has 0 aliphatic carbocycles. The van der Waals surface area contributed by atoms with Crippen molar-refractivity contribution >= 4 is 23.5 Å². The lowest BCUT2D eigenvalue weighted by atomic mass is 9.79. The molecule has 1 aliphatic heterocycles. The molecule has 0 amide bonds. The summed E-state index contributed by atoms with van der Waals surface area (Å²) in [5, 5.41) is 1.03. The molecule has 0 unspecified atom stereocenters. The Labute approximate surface area is 167 Å². The molecule has 0 saturated carbocycles. The van der Waals surface area contributed by atoms with E-state index in [0.29, 0.717) is 6.61 Å². The first kappa shape index (κ1) is 19.0. The first-order chi connectivity index (χ1) is 13.2. The molecule has 4 rings (SSSR count). The fourth-order valence-corrected chi connectivity index (χ4v) is 3.30. The smallest absolute Gasteiger partial charge is 0.488 e. The van der Waals surface area contributed by atoms with Gasteiger partial charge in [0.25, 0.3) is 0 Å². The van der Waals surface area contributed by atoms with Crippen LogP contribution in [0.25, 0.3) is 10.9 Å². The monoisotopic (exact) mass is 375 g/mol. The van der Waals surface area contributed by atoms with Crippen LogP contribution in [-0.2, 0) is 15.9 Å². The Morgan fingerprint density at radius 2 is 1.57 bits per heavy atom. The number of aryl methyl sites for hydroxylation is 1. The maximum atomic E-state index is 6.12. The minimum absolute atomic E-state index is 0.334. The zero-order chi connectivity index (χ0) is 19.9. The predicted octanol–water partition coefficient (Wildman–Crippen LogP) is 4.42. The van der Waals surface area contributed by atoms with Crippen molar-refractivity contribution in [2.45, 2.75) is 52.4 Å². The van der Waals surface area contributed by atoms with Gasteiger partial charge in [-0.1, -0.05) is 36.4 Å². The summed E-state index contributed by atoms with van der Waals surface area (Å²) in [4.78, 5) is 4.56. The van der Waals surface area contributed by atoms with Crippen molar-refractivity contribution in [3.05, 3.63) is 65.9 Å². The van der Waals surface area contributed by atoms with Gasteiger partial charge in [-0.05, 0) is 57.8 Å². The fraction of sp³-hybridized carbons (Fsp3) is 0.348. The molecule has 0 atom stereocenters. The van der Waals surface area contributed by atoms with Crippen molar-refractivity contribution in [2.75, 3.05) is 0 Å². The molecule has 144 valence electrons. The van der Waals surface area contributed by atoms with E-state index in [4.69, 9.17) is 14.0 Å². The summed E-state index contributed by atoms with van der Waals surface area (Å²) in [6, 6.07) is 18.3. The molecule has 1 saturated heterocycles. The van der Waals surface area contributed by atoms with E-state index in [0.717, 1.165) is 33.4 Å².